The Bertz CT molecular complexity index is 1350. The smallest absolute Gasteiger partial charge is 0.351 e. The van der Waals surface area contributed by atoms with E-state index in [9.17, 15) is 14.4 Å². The largest absolute Gasteiger partial charge is 0.459 e. The molecule has 12 heteroatoms. The van der Waals surface area contributed by atoms with Gasteiger partial charge in [0.1, 0.15) is 26.8 Å². The second-order valence-corrected chi connectivity index (χ2v) is 14.5. The van der Waals surface area contributed by atoms with Gasteiger partial charge in [-0.2, -0.15) is 13.8 Å². The molecule has 38 heavy (non-hydrogen) atoms. The van der Waals surface area contributed by atoms with E-state index >= 15 is 8.78 Å². The lowest BCUT2D eigenvalue weighted by atomic mass is 10.1. The van der Waals surface area contributed by atoms with Crippen molar-refractivity contribution in [1.82, 2.24) is 9.55 Å². The third kappa shape index (κ3) is 6.14. The van der Waals surface area contributed by atoms with E-state index in [2.05, 4.69) is 9.97 Å². The van der Waals surface area contributed by atoms with Gasteiger partial charge in [-0.1, -0.05) is 56.0 Å². The van der Waals surface area contributed by atoms with Crippen molar-refractivity contribution in [2.45, 2.75) is 44.0 Å². The molecule has 1 aliphatic heterocycles. The Kier molecular flexibility index (Phi) is 7.74. The highest BCUT2D eigenvalue weighted by Gasteiger charge is 2.63. The van der Waals surface area contributed by atoms with Gasteiger partial charge in [-0.3, -0.25) is 4.57 Å². The molecule has 0 radical (unpaired) electrons. The average molecular weight is 544 g/mol. The molecule has 3 aromatic rings. The number of halogens is 2. The summed E-state index contributed by atoms with van der Waals surface area (Å²) < 4.78 is 48.1. The van der Waals surface area contributed by atoms with Gasteiger partial charge in [0.15, 0.2) is 6.10 Å². The van der Waals surface area contributed by atoms with Crippen molar-refractivity contribution < 1.29 is 32.6 Å². The third-order valence-electron chi connectivity index (χ3n) is 5.57. The van der Waals surface area contributed by atoms with Crippen LogP contribution in [-0.4, -0.2) is 54.5 Å². The lowest BCUT2D eigenvalue weighted by Gasteiger charge is -2.24. The monoisotopic (exact) mass is 543 g/mol. The lowest BCUT2D eigenvalue weighted by Crippen LogP contribution is -2.45. The summed E-state index contributed by atoms with van der Waals surface area (Å²) in [6, 6.07) is 17.0. The summed E-state index contributed by atoms with van der Waals surface area (Å²) in [5.74, 6) is -5.39. The molecule has 0 saturated carbocycles. The van der Waals surface area contributed by atoms with Crippen molar-refractivity contribution in [1.29, 1.82) is 0 Å². The summed E-state index contributed by atoms with van der Waals surface area (Å²) in [6.07, 6.45) is -4.74. The Hall–Kier alpha value is -3.90. The maximum absolute atomic E-state index is 15.7. The number of nitrogens with zero attached hydrogens (tertiary/aromatic N) is 2. The van der Waals surface area contributed by atoms with Crippen molar-refractivity contribution in [2.24, 2.45) is 0 Å². The van der Waals surface area contributed by atoms with Crippen LogP contribution in [0.15, 0.2) is 77.7 Å². The highest BCUT2D eigenvalue weighted by Crippen LogP contribution is 2.44. The topological polar surface area (TPSA) is 109 Å². The van der Waals surface area contributed by atoms with E-state index < -0.39 is 56.8 Å². The van der Waals surface area contributed by atoms with Gasteiger partial charge < -0.3 is 19.2 Å². The highest BCUT2D eigenvalue weighted by molar-refractivity contribution is 6.79. The lowest BCUT2D eigenvalue weighted by molar-refractivity contribution is -0.142. The van der Waals surface area contributed by atoms with E-state index in [4.69, 9.17) is 14.2 Å². The average Bonchev–Trinajstić information content (AvgIpc) is 3.12. The number of hydrogen-bond acceptors (Lipinski definition) is 8. The molecule has 1 aliphatic rings. The van der Waals surface area contributed by atoms with E-state index in [1.165, 1.54) is 30.3 Å². The molecule has 200 valence electrons. The Morgan fingerprint density at radius 2 is 1.58 bits per heavy atom. The van der Waals surface area contributed by atoms with Gasteiger partial charge in [0.05, 0.1) is 11.1 Å². The number of esters is 2. The van der Waals surface area contributed by atoms with Gasteiger partial charge in [0.2, 0.25) is 6.23 Å². The first-order chi connectivity index (χ1) is 18.0. The van der Waals surface area contributed by atoms with Crippen molar-refractivity contribution >= 4 is 26.0 Å². The van der Waals surface area contributed by atoms with Crippen LogP contribution < -0.4 is 10.7 Å². The fourth-order valence-corrected chi connectivity index (χ4v) is 4.77. The molecule has 9 nitrogen and oxygen atoms in total. The van der Waals surface area contributed by atoms with Crippen LogP contribution in [0.4, 0.5) is 14.6 Å². The van der Waals surface area contributed by atoms with Crippen LogP contribution in [0.3, 0.4) is 0 Å². The second kappa shape index (κ2) is 10.8. The highest BCUT2D eigenvalue weighted by atomic mass is 28.3. The molecule has 0 bridgehead atoms. The SMILES string of the molecule is C[Si](C)(C)Nc1ccn(C2O[C@H](COC(=O)c3ccccc3)[C@@H](OC(=O)c3ccccc3)C2(F)F)c(=O)n1. The van der Waals surface area contributed by atoms with Crippen molar-refractivity contribution in [3.05, 3.63) is 94.5 Å². The standard InChI is InChI=1S/C26H27F2N3O6Si/c1-38(2,3)30-20-14-15-31(25(34)29-20)24-26(27,28)21(37-23(33)18-12-8-5-9-13-18)19(36-24)16-35-22(32)17-10-6-4-7-11-17/h4-15,19,21,24H,16H2,1-3H3,(H,29,30,34)/t19-,21-,24?/m1/s1. The van der Waals surface area contributed by atoms with Crippen LogP contribution in [-0.2, 0) is 14.2 Å². The van der Waals surface area contributed by atoms with Crippen LogP contribution in [0.25, 0.3) is 0 Å². The number of hydrogen-bond donors (Lipinski definition) is 1. The Morgan fingerprint density at radius 1 is 1.00 bits per heavy atom. The molecule has 0 amide bonds. The number of benzene rings is 2. The molecule has 0 aliphatic carbocycles. The summed E-state index contributed by atoms with van der Waals surface area (Å²) in [5, 5.41) is 0. The first kappa shape index (κ1) is 27.1. The molecule has 4 rings (SSSR count). The Labute approximate surface area is 218 Å². The number of anilines is 1. The van der Waals surface area contributed by atoms with E-state index in [1.807, 2.05) is 19.6 Å². The van der Waals surface area contributed by atoms with E-state index in [0.29, 0.717) is 4.57 Å². The number of alkyl halides is 2. The van der Waals surface area contributed by atoms with Crippen LogP contribution in [0, 0.1) is 0 Å². The minimum Gasteiger partial charge on any atom is -0.459 e. The predicted octanol–water partition coefficient (Wildman–Crippen LogP) is 4.11. The first-order valence-electron chi connectivity index (χ1n) is 11.8. The fourth-order valence-electron chi connectivity index (χ4n) is 3.87. The maximum atomic E-state index is 15.7. The fraction of sp³-hybridized carbons (Fsp3) is 0.308. The van der Waals surface area contributed by atoms with Gasteiger partial charge >= 0.3 is 23.6 Å². The molecule has 2 aromatic carbocycles. The summed E-state index contributed by atoms with van der Waals surface area (Å²) in [4.78, 5) is 44.8. The Balaban J connectivity index is 1.61. The second-order valence-electron chi connectivity index (χ2n) is 9.74. The van der Waals surface area contributed by atoms with Crippen LogP contribution >= 0.6 is 0 Å². The van der Waals surface area contributed by atoms with Crippen molar-refractivity contribution in [3.63, 3.8) is 0 Å². The molecule has 1 unspecified atom stereocenters. The Morgan fingerprint density at radius 3 is 2.13 bits per heavy atom. The molecule has 1 N–H and O–H groups in total. The number of ether oxygens (including phenoxy) is 3. The normalized spacial score (nSPS) is 20.5. The summed E-state index contributed by atoms with van der Waals surface area (Å²) >= 11 is 0. The molecular weight excluding hydrogens is 516 g/mol. The number of aromatic nitrogens is 2. The number of rotatable bonds is 8. The zero-order valence-electron chi connectivity index (χ0n) is 21.0. The van der Waals surface area contributed by atoms with Crippen molar-refractivity contribution in [2.75, 3.05) is 11.6 Å². The molecule has 1 aromatic heterocycles. The van der Waals surface area contributed by atoms with Gasteiger partial charge in [-0.25, -0.2) is 14.4 Å². The molecule has 1 fully saturated rings. The van der Waals surface area contributed by atoms with Crippen LogP contribution in [0.2, 0.25) is 19.6 Å². The summed E-state index contributed by atoms with van der Waals surface area (Å²) in [5.41, 5.74) is -0.724. The molecule has 1 saturated heterocycles. The van der Waals surface area contributed by atoms with Gasteiger partial charge in [-0.05, 0) is 30.3 Å². The molecular formula is C26H27F2N3O6Si. The zero-order valence-corrected chi connectivity index (χ0v) is 22.0. The van der Waals surface area contributed by atoms with Crippen LogP contribution in [0.1, 0.15) is 26.9 Å². The molecule has 3 atom stereocenters. The maximum Gasteiger partial charge on any atom is 0.351 e. The molecule has 2 heterocycles. The van der Waals surface area contributed by atoms with Gasteiger partial charge in [-0.15, -0.1) is 0 Å². The minimum absolute atomic E-state index is 0.0485. The summed E-state index contributed by atoms with van der Waals surface area (Å²) in [7, 11) is -1.87. The van der Waals surface area contributed by atoms with Crippen molar-refractivity contribution in [3.8, 4) is 0 Å². The third-order valence-corrected chi connectivity index (χ3v) is 6.57. The van der Waals surface area contributed by atoms with Gasteiger partial charge in [0, 0.05) is 6.20 Å². The predicted molar refractivity (Wildman–Crippen MR) is 137 cm³/mol. The number of carbonyl (C=O) groups excluding carboxylic acids is 2. The minimum atomic E-state index is -3.87. The quantitative estimate of drug-likeness (QED) is 0.334. The zero-order chi connectivity index (χ0) is 27.5. The first-order valence-corrected chi connectivity index (χ1v) is 15.3. The number of carbonyl (C=O) groups is 2. The summed E-state index contributed by atoms with van der Waals surface area (Å²) in [6.45, 7) is 5.31. The van der Waals surface area contributed by atoms with E-state index in [-0.39, 0.29) is 16.9 Å². The van der Waals surface area contributed by atoms with E-state index in [0.717, 1.165) is 6.20 Å². The van der Waals surface area contributed by atoms with Gasteiger partial charge in [0.25, 0.3) is 0 Å². The molecule has 0 spiro atoms. The van der Waals surface area contributed by atoms with Crippen LogP contribution in [0.5, 0.6) is 0 Å². The van der Waals surface area contributed by atoms with E-state index in [1.54, 1.807) is 36.4 Å². The number of nitrogens with one attached hydrogen (secondary N) is 1.